The van der Waals surface area contributed by atoms with Crippen molar-refractivity contribution < 1.29 is 29.0 Å². The monoisotopic (exact) mass is 381 g/mol. The van der Waals surface area contributed by atoms with Gasteiger partial charge < -0.3 is 19.5 Å². The van der Waals surface area contributed by atoms with E-state index in [2.05, 4.69) is 0 Å². The molecule has 0 bridgehead atoms. The van der Waals surface area contributed by atoms with Crippen LogP contribution in [0.25, 0.3) is 0 Å². The highest BCUT2D eigenvalue weighted by molar-refractivity contribution is 8.13. The van der Waals surface area contributed by atoms with Crippen LogP contribution in [0.3, 0.4) is 0 Å². The van der Waals surface area contributed by atoms with Crippen molar-refractivity contribution in [2.75, 3.05) is 20.0 Å². The Hall–Kier alpha value is -2.22. The predicted molar refractivity (Wildman–Crippen MR) is 97.5 cm³/mol. The van der Waals surface area contributed by atoms with E-state index in [-0.39, 0.29) is 23.5 Å². The Morgan fingerprint density at radius 1 is 1.19 bits per heavy atom. The van der Waals surface area contributed by atoms with Crippen molar-refractivity contribution in [1.29, 1.82) is 0 Å². The van der Waals surface area contributed by atoms with Crippen molar-refractivity contribution in [2.45, 2.75) is 38.3 Å². The number of carbonyl (C=O) groups excluding carboxylic acids is 2. The predicted octanol–water partition coefficient (Wildman–Crippen LogP) is 2.49. The van der Waals surface area contributed by atoms with E-state index in [1.54, 1.807) is 12.1 Å². The van der Waals surface area contributed by atoms with Gasteiger partial charge in [0.05, 0.1) is 20.3 Å². The van der Waals surface area contributed by atoms with Crippen LogP contribution in [-0.4, -0.2) is 53.0 Å². The van der Waals surface area contributed by atoms with Crippen LogP contribution in [0.15, 0.2) is 18.2 Å². The van der Waals surface area contributed by atoms with Crippen LogP contribution in [0.1, 0.15) is 37.8 Å². The minimum atomic E-state index is -1.01. The largest absolute Gasteiger partial charge is 0.493 e. The summed E-state index contributed by atoms with van der Waals surface area (Å²) in [7, 11) is 3.06. The minimum Gasteiger partial charge on any atom is -0.493 e. The molecule has 1 saturated heterocycles. The first-order valence-corrected chi connectivity index (χ1v) is 9.26. The first-order chi connectivity index (χ1) is 12.4. The summed E-state index contributed by atoms with van der Waals surface area (Å²) < 4.78 is 10.5. The summed E-state index contributed by atoms with van der Waals surface area (Å²) >= 11 is 1.07. The highest BCUT2D eigenvalue weighted by Crippen LogP contribution is 2.40. The van der Waals surface area contributed by atoms with Crippen molar-refractivity contribution >= 4 is 28.8 Å². The lowest BCUT2D eigenvalue weighted by Crippen LogP contribution is -2.42. The van der Waals surface area contributed by atoms with Gasteiger partial charge >= 0.3 is 5.97 Å². The average Bonchev–Trinajstić information content (AvgIpc) is 3.06. The maximum Gasteiger partial charge on any atom is 0.326 e. The van der Waals surface area contributed by atoms with Gasteiger partial charge in [0, 0.05) is 19.1 Å². The fraction of sp³-hybridized carbons (Fsp3) is 0.500. The first kappa shape index (κ1) is 20.1. The maximum atomic E-state index is 12.7. The van der Waals surface area contributed by atoms with Gasteiger partial charge in [0.1, 0.15) is 6.04 Å². The molecule has 0 saturated carbocycles. The molecule has 1 fully saturated rings. The number of nitrogens with zero attached hydrogens (tertiary/aromatic N) is 1. The molecule has 0 aliphatic carbocycles. The SMILES string of the molecule is COc1ccc(C2CCC(C(=O)O)N2C(=O)CCSC(C)=O)cc1OC. The Morgan fingerprint density at radius 3 is 2.46 bits per heavy atom. The maximum absolute atomic E-state index is 12.7. The zero-order valence-corrected chi connectivity index (χ0v) is 15.9. The van der Waals surface area contributed by atoms with Crippen LogP contribution in [0.5, 0.6) is 11.5 Å². The molecule has 2 atom stereocenters. The van der Waals surface area contributed by atoms with Crippen LogP contribution < -0.4 is 9.47 Å². The highest BCUT2D eigenvalue weighted by atomic mass is 32.2. The van der Waals surface area contributed by atoms with Crippen molar-refractivity contribution in [3.8, 4) is 11.5 Å². The fourth-order valence-corrected chi connectivity index (χ4v) is 3.76. The molecule has 1 aliphatic heterocycles. The number of benzene rings is 1. The van der Waals surface area contributed by atoms with Gasteiger partial charge in [0.2, 0.25) is 5.91 Å². The second-order valence-electron chi connectivity index (χ2n) is 5.95. The quantitative estimate of drug-likeness (QED) is 0.775. The molecule has 2 rings (SSSR count). The fourth-order valence-electron chi connectivity index (χ4n) is 3.20. The summed E-state index contributed by atoms with van der Waals surface area (Å²) in [4.78, 5) is 36.8. The van der Waals surface area contributed by atoms with Gasteiger partial charge in [-0.15, -0.1) is 0 Å². The summed E-state index contributed by atoms with van der Waals surface area (Å²) in [5.74, 6) is 0.169. The Bertz CT molecular complexity index is 692. The van der Waals surface area contributed by atoms with Crippen LogP contribution in [0.4, 0.5) is 0 Å². The second-order valence-corrected chi connectivity index (χ2v) is 7.22. The van der Waals surface area contributed by atoms with Crippen LogP contribution in [-0.2, 0) is 14.4 Å². The molecular weight excluding hydrogens is 358 g/mol. The number of hydrogen-bond donors (Lipinski definition) is 1. The number of methoxy groups -OCH3 is 2. The summed E-state index contributed by atoms with van der Waals surface area (Å²) in [6, 6.07) is 4.14. The molecule has 142 valence electrons. The number of carbonyl (C=O) groups is 3. The molecule has 1 heterocycles. The molecule has 1 aromatic rings. The van der Waals surface area contributed by atoms with Gasteiger partial charge in [-0.2, -0.15) is 0 Å². The number of thioether (sulfide) groups is 1. The lowest BCUT2D eigenvalue weighted by Gasteiger charge is -2.29. The first-order valence-electron chi connectivity index (χ1n) is 8.28. The Labute approximate surface area is 156 Å². The third-order valence-corrected chi connectivity index (χ3v) is 5.19. The molecular formula is C18H23NO6S. The van der Waals surface area contributed by atoms with Crippen molar-refractivity contribution in [3.63, 3.8) is 0 Å². The zero-order chi connectivity index (χ0) is 19.3. The van der Waals surface area contributed by atoms with Gasteiger partial charge in [-0.25, -0.2) is 4.79 Å². The van der Waals surface area contributed by atoms with E-state index in [9.17, 15) is 19.5 Å². The van der Waals surface area contributed by atoms with Gasteiger partial charge in [-0.1, -0.05) is 17.8 Å². The molecule has 1 aromatic carbocycles. The lowest BCUT2D eigenvalue weighted by molar-refractivity contribution is -0.149. The van der Waals surface area contributed by atoms with E-state index in [1.165, 1.54) is 26.0 Å². The molecule has 0 aromatic heterocycles. The van der Waals surface area contributed by atoms with Crippen molar-refractivity contribution in [2.24, 2.45) is 0 Å². The zero-order valence-electron chi connectivity index (χ0n) is 15.1. The molecule has 7 nitrogen and oxygen atoms in total. The molecule has 1 amide bonds. The second kappa shape index (κ2) is 8.93. The Morgan fingerprint density at radius 2 is 1.88 bits per heavy atom. The molecule has 26 heavy (non-hydrogen) atoms. The Kier molecular flexibility index (Phi) is 6.90. The number of carboxylic acid groups (broad SMARTS) is 1. The molecule has 1 aliphatic rings. The highest BCUT2D eigenvalue weighted by Gasteiger charge is 2.41. The van der Waals surface area contributed by atoms with Gasteiger partial charge in [0.15, 0.2) is 16.6 Å². The number of rotatable bonds is 7. The summed E-state index contributed by atoms with van der Waals surface area (Å²) in [5, 5.41) is 9.43. The minimum absolute atomic E-state index is 0.0644. The number of carboxylic acids is 1. The summed E-state index contributed by atoms with van der Waals surface area (Å²) in [6.07, 6.45) is 1.07. The number of ether oxygens (including phenoxy) is 2. The average molecular weight is 381 g/mol. The van der Waals surface area contributed by atoms with E-state index in [4.69, 9.17) is 9.47 Å². The van der Waals surface area contributed by atoms with Gasteiger partial charge in [-0.05, 0) is 30.5 Å². The number of aliphatic carboxylic acids is 1. The number of likely N-dealkylation sites (tertiary alicyclic amines) is 1. The van der Waals surface area contributed by atoms with Gasteiger partial charge in [-0.3, -0.25) is 9.59 Å². The smallest absolute Gasteiger partial charge is 0.326 e. The molecule has 8 heteroatoms. The normalized spacial score (nSPS) is 19.3. The van der Waals surface area contributed by atoms with E-state index < -0.39 is 12.0 Å². The van der Waals surface area contributed by atoms with E-state index in [1.807, 2.05) is 6.07 Å². The lowest BCUT2D eigenvalue weighted by atomic mass is 10.0. The standard InChI is InChI=1S/C18H23NO6S/c1-11(20)26-9-8-17(21)19-13(5-6-14(19)18(22)23)12-4-7-15(24-2)16(10-12)25-3/h4,7,10,13-14H,5-6,8-9H2,1-3H3,(H,22,23). The van der Waals surface area contributed by atoms with E-state index >= 15 is 0 Å². The summed E-state index contributed by atoms with van der Waals surface area (Å²) in [5.41, 5.74) is 0.805. The van der Waals surface area contributed by atoms with E-state index in [0.717, 1.165) is 17.3 Å². The van der Waals surface area contributed by atoms with Crippen LogP contribution in [0.2, 0.25) is 0 Å². The third kappa shape index (κ3) is 4.49. The topological polar surface area (TPSA) is 93.1 Å². The van der Waals surface area contributed by atoms with E-state index in [0.29, 0.717) is 30.1 Å². The molecule has 0 spiro atoms. The molecule has 1 N–H and O–H groups in total. The van der Waals surface area contributed by atoms with Crippen molar-refractivity contribution in [1.82, 2.24) is 4.90 Å². The molecule has 0 radical (unpaired) electrons. The van der Waals surface area contributed by atoms with Crippen molar-refractivity contribution in [3.05, 3.63) is 23.8 Å². The number of hydrogen-bond acceptors (Lipinski definition) is 6. The Balaban J connectivity index is 2.26. The third-order valence-electron chi connectivity index (χ3n) is 4.37. The molecule has 2 unspecified atom stereocenters. The van der Waals surface area contributed by atoms with Crippen LogP contribution >= 0.6 is 11.8 Å². The summed E-state index contributed by atoms with van der Waals surface area (Å²) in [6.45, 7) is 1.44. The number of amides is 1. The van der Waals surface area contributed by atoms with Gasteiger partial charge in [0.25, 0.3) is 0 Å². The van der Waals surface area contributed by atoms with Crippen LogP contribution in [0, 0.1) is 0 Å².